The molecule has 5 nitrogen and oxygen atoms in total. The fourth-order valence-corrected chi connectivity index (χ4v) is 2.00. The standard InChI is InChI=1S/C13H24ClN5/c1-5-8-9-10-18(4)12-15-11(14)16-13(17-12)19(6-2)7-3/h5-10H2,1-4H3. The maximum absolute atomic E-state index is 6.00. The molecule has 0 aliphatic carbocycles. The second-order valence-electron chi connectivity index (χ2n) is 4.51. The fourth-order valence-electron chi connectivity index (χ4n) is 1.85. The van der Waals surface area contributed by atoms with Gasteiger partial charge >= 0.3 is 0 Å². The lowest BCUT2D eigenvalue weighted by Crippen LogP contribution is -2.27. The van der Waals surface area contributed by atoms with E-state index in [-0.39, 0.29) is 5.28 Å². The summed E-state index contributed by atoms with van der Waals surface area (Å²) in [5.74, 6) is 1.31. The highest BCUT2D eigenvalue weighted by atomic mass is 35.5. The van der Waals surface area contributed by atoms with Crippen LogP contribution in [0.5, 0.6) is 0 Å². The van der Waals surface area contributed by atoms with Crippen molar-refractivity contribution in [2.45, 2.75) is 40.0 Å². The molecule has 0 saturated heterocycles. The number of hydrogen-bond donors (Lipinski definition) is 0. The average Bonchev–Trinajstić information content (AvgIpc) is 2.39. The Morgan fingerprint density at radius 1 is 0.947 bits per heavy atom. The van der Waals surface area contributed by atoms with Gasteiger partial charge in [-0.25, -0.2) is 0 Å². The van der Waals surface area contributed by atoms with Gasteiger partial charge in [-0.2, -0.15) is 15.0 Å². The van der Waals surface area contributed by atoms with E-state index < -0.39 is 0 Å². The van der Waals surface area contributed by atoms with Crippen molar-refractivity contribution in [3.63, 3.8) is 0 Å². The topological polar surface area (TPSA) is 45.2 Å². The summed E-state index contributed by atoms with van der Waals surface area (Å²) < 4.78 is 0. The second-order valence-corrected chi connectivity index (χ2v) is 4.84. The number of aromatic nitrogens is 3. The smallest absolute Gasteiger partial charge is 0.231 e. The normalized spacial score (nSPS) is 10.6. The van der Waals surface area contributed by atoms with Gasteiger partial charge in [0.1, 0.15) is 0 Å². The number of halogens is 1. The minimum atomic E-state index is 0.259. The van der Waals surface area contributed by atoms with Crippen molar-refractivity contribution >= 4 is 23.5 Å². The molecule has 19 heavy (non-hydrogen) atoms. The minimum absolute atomic E-state index is 0.259. The number of nitrogens with zero attached hydrogens (tertiary/aromatic N) is 5. The van der Waals surface area contributed by atoms with Crippen LogP contribution < -0.4 is 9.80 Å². The Kier molecular flexibility index (Phi) is 6.84. The quantitative estimate of drug-likeness (QED) is 0.687. The maximum atomic E-state index is 6.00. The van der Waals surface area contributed by atoms with Crippen LogP contribution in [-0.2, 0) is 0 Å². The zero-order chi connectivity index (χ0) is 14.3. The highest BCUT2D eigenvalue weighted by Gasteiger charge is 2.12. The summed E-state index contributed by atoms with van der Waals surface area (Å²) >= 11 is 6.00. The van der Waals surface area contributed by atoms with Crippen molar-refractivity contribution in [3.8, 4) is 0 Å². The van der Waals surface area contributed by atoms with Gasteiger partial charge in [-0.05, 0) is 31.9 Å². The Hall–Kier alpha value is -1.10. The monoisotopic (exact) mass is 285 g/mol. The molecule has 0 aliphatic rings. The predicted octanol–water partition coefficient (Wildman–Crippen LogP) is 3.00. The van der Waals surface area contributed by atoms with Gasteiger partial charge in [0.05, 0.1) is 0 Å². The van der Waals surface area contributed by atoms with Gasteiger partial charge in [0.25, 0.3) is 0 Å². The fraction of sp³-hybridized carbons (Fsp3) is 0.769. The van der Waals surface area contributed by atoms with E-state index in [1.165, 1.54) is 12.8 Å². The van der Waals surface area contributed by atoms with E-state index in [2.05, 4.69) is 40.6 Å². The zero-order valence-corrected chi connectivity index (χ0v) is 13.1. The Balaban J connectivity index is 2.83. The SMILES string of the molecule is CCCCCN(C)c1nc(Cl)nc(N(CC)CC)n1. The van der Waals surface area contributed by atoms with Crippen LogP contribution in [0.2, 0.25) is 5.28 Å². The lowest BCUT2D eigenvalue weighted by molar-refractivity contribution is 0.693. The summed E-state index contributed by atoms with van der Waals surface area (Å²) in [6.07, 6.45) is 3.56. The zero-order valence-electron chi connectivity index (χ0n) is 12.4. The van der Waals surface area contributed by atoms with Crippen molar-refractivity contribution in [1.82, 2.24) is 15.0 Å². The third-order valence-electron chi connectivity index (χ3n) is 3.07. The van der Waals surface area contributed by atoms with E-state index in [0.29, 0.717) is 11.9 Å². The molecule has 0 atom stereocenters. The van der Waals surface area contributed by atoms with Gasteiger partial charge in [-0.3, -0.25) is 0 Å². The molecule has 0 N–H and O–H groups in total. The van der Waals surface area contributed by atoms with Crippen LogP contribution in [0.1, 0.15) is 40.0 Å². The molecule has 0 fully saturated rings. The Labute approximate surface area is 121 Å². The van der Waals surface area contributed by atoms with Gasteiger partial charge in [0.15, 0.2) is 0 Å². The lowest BCUT2D eigenvalue weighted by Gasteiger charge is -2.21. The van der Waals surface area contributed by atoms with Gasteiger partial charge in [0.2, 0.25) is 17.2 Å². The molecule has 108 valence electrons. The molecule has 1 heterocycles. The second kappa shape index (κ2) is 8.15. The maximum Gasteiger partial charge on any atom is 0.231 e. The first-order valence-corrected chi connectivity index (χ1v) is 7.37. The molecule has 6 heteroatoms. The predicted molar refractivity (Wildman–Crippen MR) is 81.2 cm³/mol. The summed E-state index contributed by atoms with van der Waals surface area (Å²) in [6.45, 7) is 8.99. The summed E-state index contributed by atoms with van der Waals surface area (Å²) in [5.41, 5.74) is 0. The summed E-state index contributed by atoms with van der Waals surface area (Å²) in [7, 11) is 1.99. The molecule has 1 aromatic rings. The van der Waals surface area contributed by atoms with E-state index in [1.54, 1.807) is 0 Å². The van der Waals surface area contributed by atoms with Crippen molar-refractivity contribution in [3.05, 3.63) is 5.28 Å². The molecule has 0 aliphatic heterocycles. The molecule has 0 bridgehead atoms. The van der Waals surface area contributed by atoms with E-state index in [9.17, 15) is 0 Å². The molecule has 0 radical (unpaired) electrons. The van der Waals surface area contributed by atoms with Crippen LogP contribution in [0.4, 0.5) is 11.9 Å². The van der Waals surface area contributed by atoms with Crippen molar-refractivity contribution < 1.29 is 0 Å². The van der Waals surface area contributed by atoms with E-state index in [1.807, 2.05) is 11.9 Å². The molecule has 0 amide bonds. The molecule has 0 spiro atoms. The van der Waals surface area contributed by atoms with E-state index >= 15 is 0 Å². The van der Waals surface area contributed by atoms with Crippen LogP contribution >= 0.6 is 11.6 Å². The van der Waals surface area contributed by atoms with E-state index in [0.717, 1.165) is 26.1 Å². The average molecular weight is 286 g/mol. The summed E-state index contributed by atoms with van der Waals surface area (Å²) in [5, 5.41) is 0.259. The highest BCUT2D eigenvalue weighted by molar-refractivity contribution is 6.28. The summed E-state index contributed by atoms with van der Waals surface area (Å²) in [6, 6.07) is 0. The highest BCUT2D eigenvalue weighted by Crippen LogP contribution is 2.16. The largest absolute Gasteiger partial charge is 0.344 e. The van der Waals surface area contributed by atoms with Crippen molar-refractivity contribution in [1.29, 1.82) is 0 Å². The van der Waals surface area contributed by atoms with Crippen LogP contribution in [0.15, 0.2) is 0 Å². The Bertz CT molecular complexity index is 381. The summed E-state index contributed by atoms with van der Waals surface area (Å²) in [4.78, 5) is 17.0. The van der Waals surface area contributed by atoms with Crippen LogP contribution in [0.3, 0.4) is 0 Å². The van der Waals surface area contributed by atoms with Crippen molar-refractivity contribution in [2.24, 2.45) is 0 Å². The van der Waals surface area contributed by atoms with Crippen LogP contribution in [0.25, 0.3) is 0 Å². The van der Waals surface area contributed by atoms with Gasteiger partial charge in [-0.15, -0.1) is 0 Å². The molecule has 0 saturated carbocycles. The number of hydrogen-bond acceptors (Lipinski definition) is 5. The first-order valence-electron chi connectivity index (χ1n) is 7.00. The number of unbranched alkanes of at least 4 members (excludes halogenated alkanes) is 2. The third kappa shape index (κ3) is 4.82. The Morgan fingerprint density at radius 3 is 2.16 bits per heavy atom. The first-order chi connectivity index (χ1) is 9.12. The minimum Gasteiger partial charge on any atom is -0.344 e. The van der Waals surface area contributed by atoms with Crippen LogP contribution in [0, 0.1) is 0 Å². The molecule has 1 rings (SSSR count). The Morgan fingerprint density at radius 2 is 1.58 bits per heavy atom. The van der Waals surface area contributed by atoms with Crippen LogP contribution in [-0.4, -0.2) is 41.6 Å². The van der Waals surface area contributed by atoms with E-state index in [4.69, 9.17) is 11.6 Å². The van der Waals surface area contributed by atoms with Crippen molar-refractivity contribution in [2.75, 3.05) is 36.5 Å². The first kappa shape index (κ1) is 16.0. The number of rotatable bonds is 8. The molecular formula is C13H24ClN5. The van der Waals surface area contributed by atoms with Gasteiger partial charge in [0, 0.05) is 26.7 Å². The molecular weight excluding hydrogens is 262 g/mol. The lowest BCUT2D eigenvalue weighted by atomic mass is 10.2. The number of anilines is 2. The molecule has 0 unspecified atom stereocenters. The van der Waals surface area contributed by atoms with Gasteiger partial charge in [-0.1, -0.05) is 19.8 Å². The van der Waals surface area contributed by atoms with Gasteiger partial charge < -0.3 is 9.80 Å². The third-order valence-corrected chi connectivity index (χ3v) is 3.24. The molecule has 0 aromatic carbocycles. The molecule has 1 aromatic heterocycles.